The summed E-state index contributed by atoms with van der Waals surface area (Å²) in [6.07, 6.45) is 3.61. The van der Waals surface area contributed by atoms with Crippen molar-refractivity contribution in [2.75, 3.05) is 7.11 Å². The van der Waals surface area contributed by atoms with E-state index in [1.807, 2.05) is 44.2 Å². The second kappa shape index (κ2) is 9.46. The third-order valence-electron chi connectivity index (χ3n) is 2.73. The van der Waals surface area contributed by atoms with E-state index in [1.54, 1.807) is 19.5 Å². The number of hydrogen-bond acceptors (Lipinski definition) is 3. The minimum absolute atomic E-state index is 0.221. The van der Waals surface area contributed by atoms with Gasteiger partial charge in [0.2, 0.25) is 0 Å². The highest BCUT2D eigenvalue weighted by Crippen LogP contribution is 2.20. The number of rotatable bonds is 5. The SMILES string of the molecule is CC.COc1cccc(CNC(P)c2ccncc2)c1. The first-order valence-electron chi connectivity index (χ1n) is 6.81. The van der Waals surface area contributed by atoms with Crippen LogP contribution in [-0.2, 0) is 6.54 Å². The first-order valence-corrected chi connectivity index (χ1v) is 7.48. The van der Waals surface area contributed by atoms with E-state index in [1.165, 1.54) is 11.1 Å². The van der Waals surface area contributed by atoms with E-state index >= 15 is 0 Å². The average molecular weight is 290 g/mol. The van der Waals surface area contributed by atoms with Crippen LogP contribution in [0.2, 0.25) is 0 Å². The maximum atomic E-state index is 5.21. The van der Waals surface area contributed by atoms with Gasteiger partial charge in [0.25, 0.3) is 0 Å². The maximum Gasteiger partial charge on any atom is 0.119 e. The Morgan fingerprint density at radius 3 is 2.55 bits per heavy atom. The molecule has 0 aliphatic carbocycles. The van der Waals surface area contributed by atoms with Crippen LogP contribution in [0.3, 0.4) is 0 Å². The lowest BCUT2D eigenvalue weighted by Crippen LogP contribution is -2.15. The molecule has 2 aromatic rings. The highest BCUT2D eigenvalue weighted by Gasteiger charge is 2.04. The fourth-order valence-corrected chi connectivity index (χ4v) is 2.04. The number of hydrogen-bond donors (Lipinski definition) is 1. The molecule has 0 amide bonds. The fraction of sp³-hybridized carbons (Fsp3) is 0.312. The molecule has 1 heterocycles. The van der Waals surface area contributed by atoms with Crippen LogP contribution in [-0.4, -0.2) is 12.1 Å². The molecule has 2 rings (SSSR count). The van der Waals surface area contributed by atoms with Gasteiger partial charge in [-0.15, -0.1) is 9.24 Å². The molecule has 0 aliphatic heterocycles. The quantitative estimate of drug-likeness (QED) is 0.851. The van der Waals surface area contributed by atoms with Crippen LogP contribution in [0.1, 0.15) is 30.8 Å². The summed E-state index contributed by atoms with van der Waals surface area (Å²) in [6, 6.07) is 12.1. The normalized spacial score (nSPS) is 11.2. The molecule has 2 atom stereocenters. The monoisotopic (exact) mass is 290 g/mol. The van der Waals surface area contributed by atoms with Crippen molar-refractivity contribution in [3.63, 3.8) is 0 Å². The predicted octanol–water partition coefficient (Wildman–Crippen LogP) is 3.78. The first-order chi connectivity index (χ1) is 9.79. The zero-order valence-electron chi connectivity index (χ0n) is 12.3. The summed E-state index contributed by atoms with van der Waals surface area (Å²) < 4.78 is 5.21. The number of pyridine rings is 1. The smallest absolute Gasteiger partial charge is 0.119 e. The molecule has 0 saturated heterocycles. The molecule has 0 fully saturated rings. The van der Waals surface area contributed by atoms with E-state index in [0.29, 0.717) is 0 Å². The molecular formula is C16H23N2OP. The Morgan fingerprint density at radius 1 is 1.20 bits per heavy atom. The summed E-state index contributed by atoms with van der Waals surface area (Å²) >= 11 is 0. The Balaban J connectivity index is 0.000000956. The summed E-state index contributed by atoms with van der Waals surface area (Å²) in [5.74, 6) is 1.11. The van der Waals surface area contributed by atoms with Crippen LogP contribution >= 0.6 is 9.24 Å². The molecule has 20 heavy (non-hydrogen) atoms. The van der Waals surface area contributed by atoms with E-state index in [2.05, 4.69) is 25.6 Å². The maximum absolute atomic E-state index is 5.21. The van der Waals surface area contributed by atoms with Gasteiger partial charge in [-0.1, -0.05) is 26.0 Å². The Morgan fingerprint density at radius 2 is 1.90 bits per heavy atom. The van der Waals surface area contributed by atoms with E-state index in [9.17, 15) is 0 Å². The lowest BCUT2D eigenvalue weighted by molar-refractivity contribution is 0.414. The number of ether oxygens (including phenoxy) is 1. The van der Waals surface area contributed by atoms with Gasteiger partial charge < -0.3 is 10.1 Å². The molecule has 0 saturated carbocycles. The summed E-state index contributed by atoms with van der Waals surface area (Å²) in [5.41, 5.74) is 2.41. The molecule has 0 spiro atoms. The lowest BCUT2D eigenvalue weighted by atomic mass is 10.2. The topological polar surface area (TPSA) is 34.1 Å². The van der Waals surface area contributed by atoms with Crippen molar-refractivity contribution in [3.8, 4) is 5.75 Å². The Hall–Kier alpha value is -1.44. The molecule has 3 nitrogen and oxygen atoms in total. The van der Waals surface area contributed by atoms with Crippen LogP contribution in [0, 0.1) is 0 Å². The van der Waals surface area contributed by atoms with Crippen molar-refractivity contribution in [1.29, 1.82) is 0 Å². The lowest BCUT2D eigenvalue weighted by Gasteiger charge is -2.14. The molecule has 2 unspecified atom stereocenters. The van der Waals surface area contributed by atoms with Crippen molar-refractivity contribution in [2.45, 2.75) is 26.2 Å². The highest BCUT2D eigenvalue weighted by atomic mass is 31.0. The van der Waals surface area contributed by atoms with Crippen LogP contribution < -0.4 is 10.1 Å². The van der Waals surface area contributed by atoms with Gasteiger partial charge >= 0.3 is 0 Å². The molecule has 1 aromatic heterocycles. The third kappa shape index (κ3) is 5.28. The Kier molecular flexibility index (Phi) is 7.86. The molecule has 0 bridgehead atoms. The predicted molar refractivity (Wildman–Crippen MR) is 87.9 cm³/mol. The summed E-state index contributed by atoms with van der Waals surface area (Å²) in [6.45, 7) is 4.80. The van der Waals surface area contributed by atoms with Crippen molar-refractivity contribution < 1.29 is 4.74 Å². The van der Waals surface area contributed by atoms with Gasteiger partial charge in [-0.3, -0.25) is 4.98 Å². The zero-order chi connectivity index (χ0) is 14.8. The third-order valence-corrected chi connectivity index (χ3v) is 3.35. The van der Waals surface area contributed by atoms with Gasteiger partial charge in [0.05, 0.1) is 7.11 Å². The van der Waals surface area contributed by atoms with Crippen molar-refractivity contribution in [2.24, 2.45) is 0 Å². The van der Waals surface area contributed by atoms with E-state index in [-0.39, 0.29) is 5.78 Å². The Labute approximate surface area is 124 Å². The van der Waals surface area contributed by atoms with Gasteiger partial charge in [0.1, 0.15) is 5.75 Å². The van der Waals surface area contributed by atoms with Crippen LogP contribution in [0.4, 0.5) is 0 Å². The van der Waals surface area contributed by atoms with Gasteiger partial charge in [0, 0.05) is 24.7 Å². The second-order valence-electron chi connectivity index (χ2n) is 3.99. The number of nitrogens with zero attached hydrogens (tertiary/aromatic N) is 1. The summed E-state index contributed by atoms with van der Waals surface area (Å²) in [7, 11) is 4.48. The number of nitrogens with one attached hydrogen (secondary N) is 1. The van der Waals surface area contributed by atoms with Gasteiger partial charge in [-0.2, -0.15) is 0 Å². The molecular weight excluding hydrogens is 267 g/mol. The number of aromatic nitrogens is 1. The summed E-state index contributed by atoms with van der Waals surface area (Å²) in [4.78, 5) is 4.02. The fourth-order valence-electron chi connectivity index (χ4n) is 1.70. The van der Waals surface area contributed by atoms with Crippen LogP contribution in [0.5, 0.6) is 5.75 Å². The highest BCUT2D eigenvalue weighted by molar-refractivity contribution is 7.17. The van der Waals surface area contributed by atoms with Crippen molar-refractivity contribution >= 4 is 9.24 Å². The molecule has 108 valence electrons. The summed E-state index contributed by atoms with van der Waals surface area (Å²) in [5, 5.41) is 3.45. The van der Waals surface area contributed by atoms with Crippen LogP contribution in [0.25, 0.3) is 0 Å². The standard InChI is InChI=1S/C14H17N2OP.C2H6/c1-17-13-4-2-3-11(9-13)10-16-14(18)12-5-7-15-8-6-12;1-2/h2-9,14,16H,10,18H2,1H3;1-2H3. The van der Waals surface area contributed by atoms with Crippen LogP contribution in [0.15, 0.2) is 48.8 Å². The number of benzene rings is 1. The minimum atomic E-state index is 0.221. The molecule has 4 heteroatoms. The van der Waals surface area contributed by atoms with Crippen molar-refractivity contribution in [3.05, 3.63) is 59.9 Å². The molecule has 1 N–H and O–H groups in total. The molecule has 1 aromatic carbocycles. The molecule has 0 radical (unpaired) electrons. The first kappa shape index (κ1) is 16.6. The average Bonchev–Trinajstić information content (AvgIpc) is 2.55. The number of methoxy groups -OCH3 is 1. The minimum Gasteiger partial charge on any atom is -0.497 e. The second-order valence-corrected chi connectivity index (χ2v) is 4.66. The van der Waals surface area contributed by atoms with Crippen molar-refractivity contribution in [1.82, 2.24) is 10.3 Å². The van der Waals surface area contributed by atoms with Gasteiger partial charge in [-0.25, -0.2) is 0 Å². The van der Waals surface area contributed by atoms with E-state index in [4.69, 9.17) is 4.74 Å². The Bertz CT molecular complexity index is 491. The van der Waals surface area contributed by atoms with Gasteiger partial charge in [0.15, 0.2) is 0 Å². The zero-order valence-corrected chi connectivity index (χ0v) is 13.5. The largest absolute Gasteiger partial charge is 0.497 e. The van der Waals surface area contributed by atoms with Gasteiger partial charge in [-0.05, 0) is 35.4 Å². The van der Waals surface area contributed by atoms with E-state index < -0.39 is 0 Å². The molecule has 0 aliphatic rings. The van der Waals surface area contributed by atoms with E-state index in [0.717, 1.165) is 12.3 Å².